The SMILES string of the molecule is C=C/C(=C\C(=C/C)c1cc2c(-c3cc4c(-c5ccc(F)s5)cncc4[nH]3)n[nH]c2cn1)CN1CCCCC1. The predicted octanol–water partition coefficient (Wildman–Crippen LogP) is 7.37. The number of likely N-dealkylation sites (tertiary alicyclic amines) is 1. The third-order valence-electron chi connectivity index (χ3n) is 7.15. The third-order valence-corrected chi connectivity index (χ3v) is 8.06. The topological polar surface area (TPSA) is 73.5 Å². The van der Waals surface area contributed by atoms with E-state index in [1.165, 1.54) is 30.9 Å². The number of halogens is 1. The van der Waals surface area contributed by atoms with Crippen LogP contribution < -0.4 is 0 Å². The minimum absolute atomic E-state index is 0.213. The highest BCUT2D eigenvalue weighted by Gasteiger charge is 2.17. The number of piperidine rings is 1. The molecule has 5 aromatic rings. The van der Waals surface area contributed by atoms with Gasteiger partial charge in [0.25, 0.3) is 0 Å². The monoisotopic (exact) mass is 524 g/mol. The summed E-state index contributed by atoms with van der Waals surface area (Å²) in [5.41, 5.74) is 7.42. The Hall–Kier alpha value is -3.88. The molecule has 0 atom stereocenters. The van der Waals surface area contributed by atoms with E-state index in [4.69, 9.17) is 4.98 Å². The molecule has 1 saturated heterocycles. The van der Waals surface area contributed by atoms with Crippen molar-refractivity contribution < 1.29 is 4.39 Å². The van der Waals surface area contributed by atoms with Crippen LogP contribution in [0.3, 0.4) is 0 Å². The van der Waals surface area contributed by atoms with Crippen molar-refractivity contribution in [2.45, 2.75) is 26.2 Å². The second-order valence-corrected chi connectivity index (χ2v) is 10.7. The summed E-state index contributed by atoms with van der Waals surface area (Å²) in [7, 11) is 0. The molecule has 6 nitrogen and oxygen atoms in total. The van der Waals surface area contributed by atoms with Gasteiger partial charge < -0.3 is 4.98 Å². The maximum absolute atomic E-state index is 13.7. The Morgan fingerprint density at radius 3 is 2.74 bits per heavy atom. The predicted molar refractivity (Wildman–Crippen MR) is 154 cm³/mol. The molecule has 5 aromatic heterocycles. The number of pyridine rings is 2. The first kappa shape index (κ1) is 24.5. The Morgan fingerprint density at radius 1 is 1.11 bits per heavy atom. The summed E-state index contributed by atoms with van der Waals surface area (Å²) >= 11 is 1.12. The average Bonchev–Trinajstić information content (AvgIpc) is 3.68. The molecule has 1 aliphatic rings. The van der Waals surface area contributed by atoms with Gasteiger partial charge >= 0.3 is 0 Å². The Kier molecular flexibility index (Phi) is 6.74. The highest BCUT2D eigenvalue weighted by molar-refractivity contribution is 7.14. The van der Waals surface area contributed by atoms with Crippen molar-refractivity contribution in [1.82, 2.24) is 30.0 Å². The van der Waals surface area contributed by atoms with Gasteiger partial charge in [0.1, 0.15) is 5.69 Å². The Bertz CT molecular complexity index is 1680. The molecule has 0 radical (unpaired) electrons. The molecular formula is C30H29FN6S. The van der Waals surface area contributed by atoms with Gasteiger partial charge in [-0.3, -0.25) is 20.0 Å². The second-order valence-electron chi connectivity index (χ2n) is 9.63. The van der Waals surface area contributed by atoms with E-state index in [0.717, 1.165) is 85.9 Å². The summed E-state index contributed by atoms with van der Waals surface area (Å²) in [6.07, 6.45) is 15.5. The van der Waals surface area contributed by atoms with Crippen LogP contribution in [0.15, 0.2) is 73.2 Å². The molecule has 8 heteroatoms. The van der Waals surface area contributed by atoms with E-state index < -0.39 is 0 Å². The van der Waals surface area contributed by atoms with Crippen LogP contribution in [0.1, 0.15) is 31.9 Å². The molecule has 0 unspecified atom stereocenters. The van der Waals surface area contributed by atoms with Crippen molar-refractivity contribution in [2.75, 3.05) is 19.6 Å². The van der Waals surface area contributed by atoms with Crippen LogP contribution >= 0.6 is 11.3 Å². The van der Waals surface area contributed by atoms with Crippen LogP contribution in [0, 0.1) is 5.13 Å². The van der Waals surface area contributed by atoms with Crippen LogP contribution in [0.2, 0.25) is 0 Å². The summed E-state index contributed by atoms with van der Waals surface area (Å²) in [6, 6.07) is 7.42. The molecule has 2 N–H and O–H groups in total. The van der Waals surface area contributed by atoms with Gasteiger partial charge in [0.05, 0.1) is 34.8 Å². The molecule has 0 spiro atoms. The van der Waals surface area contributed by atoms with E-state index >= 15 is 0 Å². The Morgan fingerprint density at radius 2 is 1.97 bits per heavy atom. The highest BCUT2D eigenvalue weighted by atomic mass is 32.1. The summed E-state index contributed by atoms with van der Waals surface area (Å²) in [4.78, 5) is 15.9. The molecule has 192 valence electrons. The number of nitrogens with zero attached hydrogens (tertiary/aromatic N) is 4. The lowest BCUT2D eigenvalue weighted by molar-refractivity contribution is 0.248. The van der Waals surface area contributed by atoms with Gasteiger partial charge in [-0.15, -0.1) is 11.3 Å². The molecule has 0 saturated carbocycles. The third kappa shape index (κ3) is 4.73. The van der Waals surface area contributed by atoms with E-state index in [2.05, 4.69) is 55.9 Å². The van der Waals surface area contributed by atoms with Gasteiger partial charge in [0.2, 0.25) is 0 Å². The summed E-state index contributed by atoms with van der Waals surface area (Å²) in [6.45, 7) is 9.29. The number of rotatable bonds is 7. The summed E-state index contributed by atoms with van der Waals surface area (Å²) in [5, 5.41) is 9.47. The lowest BCUT2D eigenvalue weighted by atomic mass is 10.0. The smallest absolute Gasteiger partial charge is 0.176 e. The van der Waals surface area contributed by atoms with Gasteiger partial charge in [-0.05, 0) is 74.3 Å². The normalized spacial score (nSPS) is 15.5. The van der Waals surface area contributed by atoms with E-state index in [1.54, 1.807) is 18.5 Å². The van der Waals surface area contributed by atoms with Crippen molar-refractivity contribution in [2.24, 2.45) is 0 Å². The fraction of sp³-hybridized carbons (Fsp3) is 0.233. The van der Waals surface area contributed by atoms with Gasteiger partial charge in [-0.25, -0.2) is 0 Å². The summed E-state index contributed by atoms with van der Waals surface area (Å²) in [5.74, 6) is 0. The van der Waals surface area contributed by atoms with E-state index in [9.17, 15) is 4.39 Å². The van der Waals surface area contributed by atoms with Crippen LogP contribution in [0.25, 0.3) is 49.2 Å². The van der Waals surface area contributed by atoms with E-state index in [1.807, 2.05) is 19.2 Å². The van der Waals surface area contributed by atoms with Crippen LogP contribution in [0.5, 0.6) is 0 Å². The first-order valence-corrected chi connectivity index (χ1v) is 13.7. The molecule has 0 amide bonds. The molecule has 6 rings (SSSR count). The Balaban J connectivity index is 1.36. The molecule has 6 heterocycles. The second kappa shape index (κ2) is 10.5. The zero-order chi connectivity index (χ0) is 26.1. The lowest BCUT2D eigenvalue weighted by Crippen LogP contribution is -2.31. The molecule has 1 aliphatic heterocycles. The average molecular weight is 525 g/mol. The van der Waals surface area contributed by atoms with E-state index in [-0.39, 0.29) is 5.13 Å². The maximum atomic E-state index is 13.7. The zero-order valence-corrected chi connectivity index (χ0v) is 22.1. The number of hydrogen-bond donors (Lipinski definition) is 2. The van der Waals surface area contributed by atoms with E-state index in [0.29, 0.717) is 0 Å². The molecule has 0 aliphatic carbocycles. The van der Waals surface area contributed by atoms with Gasteiger partial charge in [-0.1, -0.05) is 25.2 Å². The first-order valence-electron chi connectivity index (χ1n) is 12.9. The number of nitrogens with one attached hydrogen (secondary N) is 2. The van der Waals surface area contributed by atoms with Gasteiger partial charge in [0.15, 0.2) is 5.13 Å². The number of aromatic amines is 2. The van der Waals surface area contributed by atoms with Crippen LogP contribution in [-0.4, -0.2) is 49.7 Å². The number of thiophene rings is 1. The number of fused-ring (bicyclic) bond motifs is 2. The lowest BCUT2D eigenvalue weighted by Gasteiger charge is -2.26. The molecule has 1 fully saturated rings. The van der Waals surface area contributed by atoms with Crippen molar-refractivity contribution in [3.63, 3.8) is 0 Å². The quantitative estimate of drug-likeness (QED) is 0.218. The molecular weight excluding hydrogens is 495 g/mol. The molecule has 0 aromatic carbocycles. The minimum atomic E-state index is -0.213. The van der Waals surface area contributed by atoms with Crippen LogP contribution in [-0.2, 0) is 0 Å². The fourth-order valence-electron chi connectivity index (χ4n) is 5.16. The fourth-order valence-corrected chi connectivity index (χ4v) is 5.92. The number of H-pyrrole nitrogens is 2. The maximum Gasteiger partial charge on any atom is 0.176 e. The molecule has 0 bridgehead atoms. The highest BCUT2D eigenvalue weighted by Crippen LogP contribution is 2.36. The largest absolute Gasteiger partial charge is 0.352 e. The summed E-state index contributed by atoms with van der Waals surface area (Å²) < 4.78 is 13.7. The van der Waals surface area contributed by atoms with Crippen molar-refractivity contribution in [3.05, 3.63) is 84.1 Å². The number of hydrogen-bond acceptors (Lipinski definition) is 5. The first-order chi connectivity index (χ1) is 18.6. The van der Waals surface area contributed by atoms with Crippen molar-refractivity contribution in [3.8, 4) is 21.8 Å². The minimum Gasteiger partial charge on any atom is -0.352 e. The number of aromatic nitrogens is 5. The molecule has 38 heavy (non-hydrogen) atoms. The van der Waals surface area contributed by atoms with Crippen molar-refractivity contribution in [1.29, 1.82) is 0 Å². The standard InChI is InChI=1S/C30H29FN6S/c1-3-19(18-37-10-6-5-7-11-37)12-20(4-2)24-14-22-27(17-33-24)35-36-30(22)25-13-21-23(15-32-16-26(21)34-25)28-8-9-29(31)38-28/h3-4,8-9,12-17,34H,1,5-7,10-11,18H2,2H3,(H,35,36)/b19-12+,20-4+. The van der Waals surface area contributed by atoms with Crippen LogP contribution in [0.4, 0.5) is 4.39 Å². The van der Waals surface area contributed by atoms with Crippen molar-refractivity contribution >= 4 is 38.7 Å². The van der Waals surface area contributed by atoms with Gasteiger partial charge in [0, 0.05) is 34.0 Å². The Labute approximate surface area is 224 Å². The zero-order valence-electron chi connectivity index (χ0n) is 21.3. The van der Waals surface area contributed by atoms with Gasteiger partial charge in [-0.2, -0.15) is 9.49 Å². The number of allylic oxidation sites excluding steroid dienone is 3.